The Bertz CT molecular complexity index is 555. The second-order valence-electron chi connectivity index (χ2n) is 7.98. The highest BCUT2D eigenvalue weighted by molar-refractivity contribution is 5.17. The van der Waals surface area contributed by atoms with Crippen LogP contribution in [0.5, 0.6) is 0 Å². The third-order valence-electron chi connectivity index (χ3n) is 6.51. The fourth-order valence-electron chi connectivity index (χ4n) is 5.40. The predicted octanol–water partition coefficient (Wildman–Crippen LogP) is 3.19. The van der Waals surface area contributed by atoms with Crippen molar-refractivity contribution in [1.29, 1.82) is 0 Å². The minimum atomic E-state index is -0.164. The van der Waals surface area contributed by atoms with Crippen LogP contribution in [0.3, 0.4) is 0 Å². The number of hydrogen-bond acceptors (Lipinski definition) is 3. The molecule has 0 amide bonds. The van der Waals surface area contributed by atoms with Crippen molar-refractivity contribution in [1.82, 2.24) is 10.2 Å². The largest absolute Gasteiger partial charge is 0.377 e. The maximum absolute atomic E-state index is 13.0. The minimum Gasteiger partial charge on any atom is -0.377 e. The summed E-state index contributed by atoms with van der Waals surface area (Å²) in [6, 6.07) is 7.49. The molecule has 1 aromatic carbocycles. The monoisotopic (exact) mass is 332 g/mol. The summed E-state index contributed by atoms with van der Waals surface area (Å²) in [5.74, 6) is 0.578. The smallest absolute Gasteiger partial charge is 0.123 e. The standard InChI is InChI=1S/C20H29FN2O/c1-23(14-15-4-6-16(21)7-5-15)12-11-22-18-17-8-13-24-19(17)20(18)9-2-3-10-20/h4-7,17-19,22H,2-3,8-14H2,1H3/t17-,18+,19+/m0/s1. The van der Waals surface area contributed by atoms with Gasteiger partial charge < -0.3 is 15.0 Å². The van der Waals surface area contributed by atoms with E-state index in [4.69, 9.17) is 4.74 Å². The lowest BCUT2D eigenvalue weighted by atomic mass is 9.54. The molecule has 3 nitrogen and oxygen atoms in total. The second-order valence-corrected chi connectivity index (χ2v) is 7.98. The quantitative estimate of drug-likeness (QED) is 0.866. The van der Waals surface area contributed by atoms with Crippen LogP contribution in [-0.2, 0) is 11.3 Å². The Hall–Kier alpha value is -0.970. The van der Waals surface area contributed by atoms with Gasteiger partial charge in [0, 0.05) is 43.6 Å². The Morgan fingerprint density at radius 3 is 2.75 bits per heavy atom. The lowest BCUT2D eigenvalue weighted by Gasteiger charge is -2.57. The fraction of sp³-hybridized carbons (Fsp3) is 0.700. The van der Waals surface area contributed by atoms with Crippen molar-refractivity contribution in [3.63, 3.8) is 0 Å². The number of benzene rings is 1. The lowest BCUT2D eigenvalue weighted by molar-refractivity contribution is -0.130. The third-order valence-corrected chi connectivity index (χ3v) is 6.51. The van der Waals surface area contributed by atoms with Crippen LogP contribution in [0.25, 0.3) is 0 Å². The molecular weight excluding hydrogens is 303 g/mol. The van der Waals surface area contributed by atoms with Gasteiger partial charge in [-0.25, -0.2) is 4.39 Å². The molecule has 1 N–H and O–H groups in total. The molecule has 0 aromatic heterocycles. The van der Waals surface area contributed by atoms with Gasteiger partial charge in [-0.2, -0.15) is 0 Å². The summed E-state index contributed by atoms with van der Waals surface area (Å²) in [7, 11) is 2.14. The van der Waals surface area contributed by atoms with Crippen molar-refractivity contribution in [2.75, 3.05) is 26.7 Å². The SMILES string of the molecule is CN(CCN[C@@H]1[C@@H]2CCO[C@H]2C12CCCC2)Cc1ccc(F)cc1. The van der Waals surface area contributed by atoms with E-state index in [1.807, 2.05) is 12.1 Å². The summed E-state index contributed by atoms with van der Waals surface area (Å²) in [6.45, 7) is 3.86. The number of rotatable bonds is 6. The summed E-state index contributed by atoms with van der Waals surface area (Å²) < 4.78 is 19.0. The Kier molecular flexibility index (Phi) is 4.63. The number of nitrogens with one attached hydrogen (secondary N) is 1. The summed E-state index contributed by atoms with van der Waals surface area (Å²) >= 11 is 0. The van der Waals surface area contributed by atoms with E-state index in [9.17, 15) is 4.39 Å². The molecule has 1 spiro atoms. The number of ether oxygens (including phenoxy) is 1. The number of halogens is 1. The van der Waals surface area contributed by atoms with Gasteiger partial charge in [0.25, 0.3) is 0 Å². The Morgan fingerprint density at radius 2 is 2.00 bits per heavy atom. The number of likely N-dealkylation sites (N-methyl/N-ethyl adjacent to an activating group) is 1. The van der Waals surface area contributed by atoms with Gasteiger partial charge in [0.05, 0.1) is 6.10 Å². The van der Waals surface area contributed by atoms with Crippen LogP contribution in [0.2, 0.25) is 0 Å². The normalized spacial score (nSPS) is 30.7. The van der Waals surface area contributed by atoms with Crippen LogP contribution in [-0.4, -0.2) is 43.8 Å². The molecule has 2 saturated carbocycles. The topological polar surface area (TPSA) is 24.5 Å². The van der Waals surface area contributed by atoms with E-state index in [1.54, 1.807) is 12.1 Å². The van der Waals surface area contributed by atoms with Gasteiger partial charge >= 0.3 is 0 Å². The first-order chi connectivity index (χ1) is 11.7. The highest BCUT2D eigenvalue weighted by Crippen LogP contribution is 2.60. The molecule has 0 bridgehead atoms. The molecule has 4 rings (SSSR count). The van der Waals surface area contributed by atoms with E-state index >= 15 is 0 Å². The van der Waals surface area contributed by atoms with Crippen LogP contribution in [0.15, 0.2) is 24.3 Å². The molecule has 4 heteroatoms. The molecule has 132 valence electrons. The van der Waals surface area contributed by atoms with Crippen LogP contribution >= 0.6 is 0 Å². The molecule has 1 saturated heterocycles. The zero-order chi connectivity index (χ0) is 16.6. The highest BCUT2D eigenvalue weighted by atomic mass is 19.1. The number of nitrogens with zero attached hydrogens (tertiary/aromatic N) is 1. The zero-order valence-electron chi connectivity index (χ0n) is 14.6. The molecular formula is C20H29FN2O. The van der Waals surface area contributed by atoms with E-state index in [2.05, 4.69) is 17.3 Å². The minimum absolute atomic E-state index is 0.164. The summed E-state index contributed by atoms with van der Waals surface area (Å²) in [6.07, 6.45) is 7.20. The Morgan fingerprint density at radius 1 is 1.25 bits per heavy atom. The number of fused-ring (bicyclic) bond motifs is 2. The van der Waals surface area contributed by atoms with E-state index in [0.717, 1.165) is 32.2 Å². The van der Waals surface area contributed by atoms with E-state index in [1.165, 1.54) is 37.7 Å². The van der Waals surface area contributed by atoms with Gasteiger partial charge in [-0.05, 0) is 44.0 Å². The predicted molar refractivity (Wildman–Crippen MR) is 93.3 cm³/mol. The summed E-state index contributed by atoms with van der Waals surface area (Å²) in [4.78, 5) is 2.31. The van der Waals surface area contributed by atoms with Gasteiger partial charge in [-0.15, -0.1) is 0 Å². The van der Waals surface area contributed by atoms with Crippen molar-refractivity contribution in [2.24, 2.45) is 11.3 Å². The first kappa shape index (κ1) is 16.5. The molecule has 3 atom stereocenters. The zero-order valence-corrected chi connectivity index (χ0v) is 14.6. The molecule has 1 heterocycles. The van der Waals surface area contributed by atoms with Crippen LogP contribution < -0.4 is 5.32 Å². The highest BCUT2D eigenvalue weighted by Gasteiger charge is 2.64. The van der Waals surface area contributed by atoms with Gasteiger partial charge in [0.15, 0.2) is 0 Å². The first-order valence-corrected chi connectivity index (χ1v) is 9.47. The van der Waals surface area contributed by atoms with Crippen LogP contribution in [0, 0.1) is 17.2 Å². The van der Waals surface area contributed by atoms with Crippen LogP contribution in [0.1, 0.15) is 37.7 Å². The van der Waals surface area contributed by atoms with Crippen molar-refractivity contribution in [3.8, 4) is 0 Å². The molecule has 3 aliphatic rings. The molecule has 3 fully saturated rings. The van der Waals surface area contributed by atoms with Gasteiger partial charge in [0.2, 0.25) is 0 Å². The second kappa shape index (κ2) is 6.74. The number of hydrogen-bond donors (Lipinski definition) is 1. The molecule has 1 aliphatic heterocycles. The molecule has 2 aliphatic carbocycles. The van der Waals surface area contributed by atoms with Crippen molar-refractivity contribution in [2.45, 2.75) is 50.8 Å². The maximum Gasteiger partial charge on any atom is 0.123 e. The van der Waals surface area contributed by atoms with E-state index in [-0.39, 0.29) is 5.82 Å². The molecule has 24 heavy (non-hydrogen) atoms. The maximum atomic E-state index is 13.0. The van der Waals surface area contributed by atoms with E-state index < -0.39 is 0 Å². The molecule has 0 unspecified atom stereocenters. The van der Waals surface area contributed by atoms with Gasteiger partial charge in [-0.1, -0.05) is 25.0 Å². The van der Waals surface area contributed by atoms with Crippen molar-refractivity contribution >= 4 is 0 Å². The Labute approximate surface area is 144 Å². The first-order valence-electron chi connectivity index (χ1n) is 9.47. The lowest BCUT2D eigenvalue weighted by Crippen LogP contribution is -2.67. The van der Waals surface area contributed by atoms with Gasteiger partial charge in [0.1, 0.15) is 5.82 Å². The Balaban J connectivity index is 1.27. The average Bonchev–Trinajstić information content (AvgIpc) is 3.22. The van der Waals surface area contributed by atoms with Crippen LogP contribution in [0.4, 0.5) is 4.39 Å². The van der Waals surface area contributed by atoms with Crippen molar-refractivity contribution < 1.29 is 9.13 Å². The molecule has 0 radical (unpaired) electrons. The summed E-state index contributed by atoms with van der Waals surface area (Å²) in [5.41, 5.74) is 1.61. The van der Waals surface area contributed by atoms with Crippen molar-refractivity contribution in [3.05, 3.63) is 35.6 Å². The van der Waals surface area contributed by atoms with Gasteiger partial charge in [-0.3, -0.25) is 0 Å². The van der Waals surface area contributed by atoms with E-state index in [0.29, 0.717) is 17.6 Å². The fourth-order valence-corrected chi connectivity index (χ4v) is 5.40. The summed E-state index contributed by atoms with van der Waals surface area (Å²) in [5, 5.41) is 3.87. The average molecular weight is 332 g/mol. The third kappa shape index (κ3) is 2.89. The molecule has 1 aromatic rings.